The summed E-state index contributed by atoms with van der Waals surface area (Å²) in [4.78, 5) is 7.14. The Hall–Kier alpha value is -4.82. The number of thiophene rings is 6. The summed E-state index contributed by atoms with van der Waals surface area (Å²) in [6, 6.07) is 31.2. The van der Waals surface area contributed by atoms with Gasteiger partial charge in [0.25, 0.3) is 0 Å². The van der Waals surface area contributed by atoms with Crippen molar-refractivity contribution in [3.05, 3.63) is 106 Å². The van der Waals surface area contributed by atoms with E-state index in [1.54, 1.807) is 45.3 Å². The Kier molecular flexibility index (Phi) is 10.5. The van der Waals surface area contributed by atoms with Crippen molar-refractivity contribution < 1.29 is 23.7 Å². The fraction of sp³-hybridized carbons (Fsp3) is 0.208. The Morgan fingerprint density at radius 2 is 1.02 bits per heavy atom. The second-order valence-corrected chi connectivity index (χ2v) is 20.3. The summed E-state index contributed by atoms with van der Waals surface area (Å²) >= 11 is 10.7. The van der Waals surface area contributed by atoms with Crippen molar-refractivity contribution in [3.63, 3.8) is 0 Å². The van der Waals surface area contributed by atoms with Crippen molar-refractivity contribution in [1.82, 2.24) is 0 Å². The molecule has 2 aliphatic heterocycles. The van der Waals surface area contributed by atoms with E-state index in [0.717, 1.165) is 68.6 Å². The summed E-state index contributed by atoms with van der Waals surface area (Å²) in [5, 5.41) is 8.65. The van der Waals surface area contributed by atoms with E-state index in [2.05, 4.69) is 118 Å². The highest BCUT2D eigenvalue weighted by Crippen LogP contribution is 2.53. The lowest BCUT2D eigenvalue weighted by Crippen LogP contribution is -2.14. The first-order valence-corrected chi connectivity index (χ1v) is 25.3. The molecule has 11 rings (SSSR count). The molecular weight excluding hydrogens is 863 g/mol. The molecule has 0 bridgehead atoms. The summed E-state index contributed by atoms with van der Waals surface area (Å²) in [5.41, 5.74) is 8.12. The highest BCUT2D eigenvalue weighted by atomic mass is 32.1. The highest BCUT2D eigenvalue weighted by Gasteiger charge is 2.25. The number of benzene rings is 3. The van der Waals surface area contributed by atoms with Crippen LogP contribution in [0.3, 0.4) is 0 Å². The average Bonchev–Trinajstić information content (AvgIpc) is 4.15. The molecule has 0 saturated carbocycles. The van der Waals surface area contributed by atoms with Gasteiger partial charge in [0, 0.05) is 68.9 Å². The minimum Gasteiger partial charge on any atom is -0.494 e. The van der Waals surface area contributed by atoms with E-state index in [4.69, 9.17) is 23.7 Å². The molecule has 3 aromatic carbocycles. The van der Waals surface area contributed by atoms with Crippen LogP contribution in [0.1, 0.15) is 32.6 Å². The standard InChI is InChI=1S/C48H39NO5S6/c1-2-3-4-5-18-50-34-16-14-33(15-17-34)49(31-10-6-29(7-11-31)39-23-41-45(59-39)35(25-55-41)47-43-37(27-57-47)51-19-21-53-43)32-12-8-30(9-13-32)40-24-42-46(60-40)36(26-56-42)48-44-38(28-58-48)52-20-22-54-44/h6-17,23-28H,2-5,18-22H2,1H3. The maximum Gasteiger partial charge on any atom is 0.180 e. The second kappa shape index (κ2) is 16.6. The van der Waals surface area contributed by atoms with Gasteiger partial charge in [-0.2, -0.15) is 0 Å². The third-order valence-corrected chi connectivity index (χ3v) is 17.3. The van der Waals surface area contributed by atoms with Gasteiger partial charge in [0.2, 0.25) is 0 Å². The van der Waals surface area contributed by atoms with Crippen molar-refractivity contribution in [2.75, 3.05) is 37.9 Å². The zero-order valence-electron chi connectivity index (χ0n) is 32.7. The Morgan fingerprint density at radius 3 is 1.52 bits per heavy atom. The molecule has 12 heteroatoms. The third-order valence-electron chi connectivity index (χ3n) is 10.8. The van der Waals surface area contributed by atoms with E-state index in [1.165, 1.54) is 70.1 Å². The molecule has 2 aliphatic rings. The molecule has 9 aromatic rings. The van der Waals surface area contributed by atoms with Crippen LogP contribution in [-0.4, -0.2) is 33.0 Å². The Balaban J connectivity index is 0.891. The SMILES string of the molecule is CCCCCCOc1ccc(N(c2ccc(-c3cc4scc(-c5scc6c5OCCO6)c4s3)cc2)c2ccc(-c3cc4scc(-c5scc6c5OCCO6)c4s3)cc2)cc1. The molecule has 302 valence electrons. The molecule has 0 N–H and O–H groups in total. The van der Waals surface area contributed by atoms with E-state index in [1.807, 2.05) is 22.7 Å². The largest absolute Gasteiger partial charge is 0.494 e. The van der Waals surface area contributed by atoms with Crippen LogP contribution in [0.4, 0.5) is 17.1 Å². The summed E-state index contributed by atoms with van der Waals surface area (Å²) in [6.45, 7) is 5.35. The number of rotatable bonds is 13. The summed E-state index contributed by atoms with van der Waals surface area (Å²) in [5.74, 6) is 4.38. The molecular formula is C48H39NO5S6. The molecule has 0 fully saturated rings. The fourth-order valence-corrected chi connectivity index (χ4v) is 14.7. The predicted octanol–water partition coefficient (Wildman–Crippen LogP) is 16.0. The van der Waals surface area contributed by atoms with Gasteiger partial charge in [-0.3, -0.25) is 0 Å². The Bertz CT molecular complexity index is 2740. The van der Waals surface area contributed by atoms with Crippen molar-refractivity contribution >= 4 is 104 Å². The van der Waals surface area contributed by atoms with Gasteiger partial charge in [-0.1, -0.05) is 50.5 Å². The number of fused-ring (bicyclic) bond motifs is 4. The molecule has 0 atom stereocenters. The summed E-state index contributed by atoms with van der Waals surface area (Å²) in [6.07, 6.45) is 4.74. The number of anilines is 3. The van der Waals surface area contributed by atoms with Gasteiger partial charge in [-0.25, -0.2) is 0 Å². The van der Waals surface area contributed by atoms with Gasteiger partial charge in [-0.15, -0.1) is 68.0 Å². The van der Waals surface area contributed by atoms with E-state index >= 15 is 0 Å². The summed E-state index contributed by atoms with van der Waals surface area (Å²) in [7, 11) is 0. The van der Waals surface area contributed by atoms with E-state index in [-0.39, 0.29) is 0 Å². The first kappa shape index (κ1) is 38.1. The molecule has 8 heterocycles. The number of ether oxygens (including phenoxy) is 5. The maximum atomic E-state index is 6.14. The normalized spacial score (nSPS) is 13.3. The van der Waals surface area contributed by atoms with Gasteiger partial charge in [0.15, 0.2) is 23.0 Å². The zero-order chi connectivity index (χ0) is 40.0. The number of unbranched alkanes of at least 4 members (excludes halogenated alkanes) is 3. The third kappa shape index (κ3) is 7.16. The predicted molar refractivity (Wildman–Crippen MR) is 257 cm³/mol. The topological polar surface area (TPSA) is 49.4 Å². The van der Waals surface area contributed by atoms with E-state index in [9.17, 15) is 0 Å². The van der Waals surface area contributed by atoms with Crippen molar-refractivity contribution in [2.45, 2.75) is 32.6 Å². The monoisotopic (exact) mass is 901 g/mol. The van der Waals surface area contributed by atoms with Crippen molar-refractivity contribution in [1.29, 1.82) is 0 Å². The van der Waals surface area contributed by atoms with Crippen molar-refractivity contribution in [2.24, 2.45) is 0 Å². The molecule has 0 aliphatic carbocycles. The van der Waals surface area contributed by atoms with Crippen molar-refractivity contribution in [3.8, 4) is 70.5 Å². The van der Waals surface area contributed by atoms with Crippen LogP contribution in [-0.2, 0) is 0 Å². The quantitative estimate of drug-likeness (QED) is 0.107. The van der Waals surface area contributed by atoms with E-state index in [0.29, 0.717) is 26.4 Å². The number of hydrogen-bond donors (Lipinski definition) is 0. The van der Waals surface area contributed by atoms with Gasteiger partial charge in [-0.05, 0) is 78.2 Å². The Labute approximate surface area is 372 Å². The van der Waals surface area contributed by atoms with Gasteiger partial charge in [0.1, 0.15) is 32.2 Å². The molecule has 0 amide bonds. The molecule has 0 unspecified atom stereocenters. The van der Waals surface area contributed by atoms with Gasteiger partial charge in [0.05, 0.1) is 25.8 Å². The van der Waals surface area contributed by atoms with Crippen LogP contribution in [0.5, 0.6) is 28.7 Å². The second-order valence-electron chi connectivity index (χ2n) is 14.6. The molecule has 0 spiro atoms. The number of nitrogens with zero attached hydrogens (tertiary/aromatic N) is 1. The average molecular weight is 902 g/mol. The van der Waals surface area contributed by atoms with Gasteiger partial charge >= 0.3 is 0 Å². The molecule has 0 saturated heterocycles. The highest BCUT2D eigenvalue weighted by molar-refractivity contribution is 7.31. The maximum absolute atomic E-state index is 6.14. The molecule has 60 heavy (non-hydrogen) atoms. The Morgan fingerprint density at radius 1 is 0.533 bits per heavy atom. The first-order valence-electron chi connectivity index (χ1n) is 20.2. The molecule has 6 nitrogen and oxygen atoms in total. The van der Waals surface area contributed by atoms with Crippen LogP contribution in [0.25, 0.3) is 60.6 Å². The van der Waals surface area contributed by atoms with E-state index < -0.39 is 0 Å². The molecule has 0 radical (unpaired) electrons. The number of hydrogen-bond acceptors (Lipinski definition) is 12. The fourth-order valence-electron chi connectivity index (χ4n) is 7.75. The lowest BCUT2D eigenvalue weighted by atomic mass is 10.1. The first-order chi connectivity index (χ1) is 29.7. The van der Waals surface area contributed by atoms with Crippen LogP contribution >= 0.6 is 68.0 Å². The minimum absolute atomic E-state index is 0.587. The lowest BCUT2D eigenvalue weighted by Gasteiger charge is -2.26. The lowest BCUT2D eigenvalue weighted by molar-refractivity contribution is 0.174. The zero-order valence-corrected chi connectivity index (χ0v) is 37.6. The van der Waals surface area contributed by atoms with Crippen LogP contribution in [0, 0.1) is 0 Å². The van der Waals surface area contributed by atoms with Gasteiger partial charge < -0.3 is 28.6 Å². The van der Waals surface area contributed by atoms with Crippen LogP contribution in [0.15, 0.2) is 106 Å². The smallest absolute Gasteiger partial charge is 0.180 e. The minimum atomic E-state index is 0.587. The summed E-state index contributed by atoms with van der Waals surface area (Å²) < 4.78 is 35.1. The molecule has 6 aromatic heterocycles. The van der Waals surface area contributed by atoms with Crippen LogP contribution in [0.2, 0.25) is 0 Å². The van der Waals surface area contributed by atoms with Crippen LogP contribution < -0.4 is 28.6 Å².